The van der Waals surface area contributed by atoms with Gasteiger partial charge in [0.25, 0.3) is 0 Å². The van der Waals surface area contributed by atoms with Gasteiger partial charge in [0.15, 0.2) is 0 Å². The van der Waals surface area contributed by atoms with E-state index < -0.39 is 0 Å². The summed E-state index contributed by atoms with van der Waals surface area (Å²) in [4.78, 5) is 13.1. The lowest BCUT2D eigenvalue weighted by molar-refractivity contribution is -0.121. The molecule has 22 heavy (non-hydrogen) atoms. The van der Waals surface area contributed by atoms with Crippen LogP contribution in [0, 0.1) is 0 Å². The van der Waals surface area contributed by atoms with Gasteiger partial charge < -0.3 is 10.1 Å². The van der Waals surface area contributed by atoms with Crippen LogP contribution in [-0.2, 0) is 11.2 Å². The van der Waals surface area contributed by atoms with E-state index in [-0.39, 0.29) is 11.9 Å². The molecule has 0 saturated carbocycles. The van der Waals surface area contributed by atoms with Gasteiger partial charge in [0.05, 0.1) is 17.0 Å². The molecular weight excluding hydrogens is 318 g/mol. The van der Waals surface area contributed by atoms with E-state index in [1.54, 1.807) is 0 Å². The van der Waals surface area contributed by atoms with Gasteiger partial charge in [0.1, 0.15) is 5.75 Å². The lowest BCUT2D eigenvalue weighted by atomic mass is 10.1. The molecule has 1 amide bonds. The number of rotatable bonds is 7. The van der Waals surface area contributed by atoms with Gasteiger partial charge in [-0.2, -0.15) is 0 Å². The van der Waals surface area contributed by atoms with E-state index in [1.165, 1.54) is 11.3 Å². The van der Waals surface area contributed by atoms with Crippen molar-refractivity contribution in [1.82, 2.24) is 5.32 Å². The number of aryl methyl sites for hydroxylation is 1. The highest BCUT2D eigenvalue weighted by Crippen LogP contribution is 2.26. The zero-order valence-corrected chi connectivity index (χ0v) is 14.3. The highest BCUT2D eigenvalue weighted by atomic mass is 35.5. The Hall–Kier alpha value is -1.52. The minimum absolute atomic E-state index is 0.00895. The van der Waals surface area contributed by atoms with E-state index in [4.69, 9.17) is 16.3 Å². The smallest absolute Gasteiger partial charge is 0.220 e. The number of hydrogen-bond donors (Lipinski definition) is 1. The first-order valence-corrected chi connectivity index (χ1v) is 8.54. The summed E-state index contributed by atoms with van der Waals surface area (Å²) < 4.78 is 6.14. The fraction of sp³-hybridized carbons (Fsp3) is 0.353. The number of benzene rings is 1. The van der Waals surface area contributed by atoms with Crippen molar-refractivity contribution in [1.29, 1.82) is 0 Å². The molecule has 0 fully saturated rings. The summed E-state index contributed by atoms with van der Waals surface area (Å²) in [5, 5.41) is 3.00. The largest absolute Gasteiger partial charge is 0.494 e. The molecule has 0 saturated heterocycles. The van der Waals surface area contributed by atoms with Crippen molar-refractivity contribution in [3.8, 4) is 5.75 Å². The summed E-state index contributed by atoms with van der Waals surface area (Å²) in [7, 11) is 0. The zero-order chi connectivity index (χ0) is 15.9. The van der Waals surface area contributed by atoms with Crippen LogP contribution < -0.4 is 10.1 Å². The normalized spacial score (nSPS) is 12.0. The van der Waals surface area contributed by atoms with Gasteiger partial charge in [-0.1, -0.05) is 23.7 Å². The highest BCUT2D eigenvalue weighted by Gasteiger charge is 2.11. The summed E-state index contributed by atoms with van der Waals surface area (Å²) in [5.74, 6) is 0.907. The molecule has 2 aromatic rings. The number of nitrogens with one attached hydrogen (secondary N) is 1. The van der Waals surface area contributed by atoms with Crippen LogP contribution in [0.3, 0.4) is 0 Å². The Labute approximate surface area is 140 Å². The van der Waals surface area contributed by atoms with Crippen molar-refractivity contribution < 1.29 is 9.53 Å². The number of carbonyl (C=O) groups excluding carboxylic acids is 1. The van der Waals surface area contributed by atoms with E-state index in [0.29, 0.717) is 13.0 Å². The van der Waals surface area contributed by atoms with E-state index >= 15 is 0 Å². The van der Waals surface area contributed by atoms with Crippen LogP contribution in [0.5, 0.6) is 5.75 Å². The number of ether oxygens (including phenoxy) is 1. The second-order valence-electron chi connectivity index (χ2n) is 5.01. The summed E-state index contributed by atoms with van der Waals surface area (Å²) in [6.45, 7) is 4.59. The molecule has 1 N–H and O–H groups in total. The number of thiophene rings is 1. The molecule has 1 heterocycles. The standard InChI is InChI=1S/C17H20ClNO2S/c1-3-21-14-7-4-13(5-8-14)6-11-17(20)19-12(2)15-9-10-16(18)22-15/h4-5,7-10,12H,3,6,11H2,1-2H3,(H,19,20). The van der Waals surface area contributed by atoms with Crippen molar-refractivity contribution in [3.63, 3.8) is 0 Å². The van der Waals surface area contributed by atoms with Gasteiger partial charge in [-0.05, 0) is 50.1 Å². The summed E-state index contributed by atoms with van der Waals surface area (Å²) in [6.07, 6.45) is 1.19. The van der Waals surface area contributed by atoms with Gasteiger partial charge in [0, 0.05) is 11.3 Å². The molecular formula is C17H20ClNO2S. The lowest BCUT2D eigenvalue weighted by Gasteiger charge is -2.12. The number of halogens is 1. The van der Waals surface area contributed by atoms with Crippen LogP contribution in [0.15, 0.2) is 36.4 Å². The molecule has 1 atom stereocenters. The molecule has 5 heteroatoms. The van der Waals surface area contributed by atoms with Gasteiger partial charge >= 0.3 is 0 Å². The predicted molar refractivity (Wildman–Crippen MR) is 91.8 cm³/mol. The van der Waals surface area contributed by atoms with E-state index in [0.717, 1.165) is 26.9 Å². The van der Waals surface area contributed by atoms with Crippen molar-refractivity contribution in [2.75, 3.05) is 6.61 Å². The first kappa shape index (κ1) is 16.8. The summed E-state index contributed by atoms with van der Waals surface area (Å²) in [6, 6.07) is 11.7. The average molecular weight is 338 g/mol. The fourth-order valence-corrected chi connectivity index (χ4v) is 3.19. The van der Waals surface area contributed by atoms with Crippen LogP contribution in [0.4, 0.5) is 0 Å². The maximum Gasteiger partial charge on any atom is 0.220 e. The van der Waals surface area contributed by atoms with Gasteiger partial charge in [-0.15, -0.1) is 11.3 Å². The molecule has 3 nitrogen and oxygen atoms in total. The zero-order valence-electron chi connectivity index (χ0n) is 12.8. The van der Waals surface area contributed by atoms with Crippen LogP contribution in [0.2, 0.25) is 4.34 Å². The monoisotopic (exact) mass is 337 g/mol. The first-order valence-electron chi connectivity index (χ1n) is 7.35. The fourth-order valence-electron chi connectivity index (χ4n) is 2.12. The first-order chi connectivity index (χ1) is 10.6. The lowest BCUT2D eigenvalue weighted by Crippen LogP contribution is -2.26. The summed E-state index contributed by atoms with van der Waals surface area (Å²) >= 11 is 7.41. The van der Waals surface area contributed by atoms with Crippen molar-refractivity contribution in [2.45, 2.75) is 32.7 Å². The maximum absolute atomic E-state index is 12.0. The Kier molecular flexibility index (Phi) is 6.28. The predicted octanol–water partition coefficient (Wildman–Crippen LogP) is 4.61. The Morgan fingerprint density at radius 2 is 2.00 bits per heavy atom. The third-order valence-electron chi connectivity index (χ3n) is 3.27. The molecule has 1 aromatic heterocycles. The molecule has 2 rings (SSSR count). The van der Waals surface area contributed by atoms with E-state index in [1.807, 2.05) is 50.2 Å². The van der Waals surface area contributed by atoms with Crippen molar-refractivity contribution in [2.24, 2.45) is 0 Å². The number of hydrogen-bond acceptors (Lipinski definition) is 3. The quantitative estimate of drug-likeness (QED) is 0.801. The third kappa shape index (κ3) is 5.04. The van der Waals surface area contributed by atoms with E-state index in [9.17, 15) is 4.79 Å². The van der Waals surface area contributed by atoms with Crippen LogP contribution in [-0.4, -0.2) is 12.5 Å². The number of carbonyl (C=O) groups is 1. The summed E-state index contributed by atoms with van der Waals surface area (Å²) in [5.41, 5.74) is 1.13. The molecule has 1 aromatic carbocycles. The minimum Gasteiger partial charge on any atom is -0.494 e. The second-order valence-corrected chi connectivity index (χ2v) is 6.75. The van der Waals surface area contributed by atoms with E-state index in [2.05, 4.69) is 5.32 Å². The van der Waals surface area contributed by atoms with Crippen LogP contribution >= 0.6 is 22.9 Å². The molecule has 0 aliphatic heterocycles. The SMILES string of the molecule is CCOc1ccc(CCC(=O)NC(C)c2ccc(Cl)s2)cc1. The molecule has 1 unspecified atom stereocenters. The topological polar surface area (TPSA) is 38.3 Å². The minimum atomic E-state index is -0.00895. The second kappa shape index (κ2) is 8.20. The molecule has 0 aliphatic rings. The third-order valence-corrected chi connectivity index (χ3v) is 4.69. The average Bonchev–Trinajstić information content (AvgIpc) is 2.93. The molecule has 0 spiro atoms. The molecule has 0 aliphatic carbocycles. The molecule has 118 valence electrons. The molecule has 0 radical (unpaired) electrons. The Morgan fingerprint density at radius 3 is 2.59 bits per heavy atom. The van der Waals surface area contributed by atoms with Crippen LogP contribution in [0.1, 0.15) is 36.8 Å². The highest BCUT2D eigenvalue weighted by molar-refractivity contribution is 7.16. The Bertz CT molecular complexity index is 609. The van der Waals surface area contributed by atoms with Crippen LogP contribution in [0.25, 0.3) is 0 Å². The molecule has 0 bridgehead atoms. The van der Waals surface area contributed by atoms with Gasteiger partial charge in [-0.25, -0.2) is 0 Å². The van der Waals surface area contributed by atoms with Gasteiger partial charge in [0.2, 0.25) is 5.91 Å². The van der Waals surface area contributed by atoms with Crippen molar-refractivity contribution in [3.05, 3.63) is 51.2 Å². The number of amides is 1. The Balaban J connectivity index is 1.79. The Morgan fingerprint density at radius 1 is 1.27 bits per heavy atom. The van der Waals surface area contributed by atoms with Gasteiger partial charge in [-0.3, -0.25) is 4.79 Å². The maximum atomic E-state index is 12.0. The van der Waals surface area contributed by atoms with Crippen molar-refractivity contribution >= 4 is 28.8 Å².